The standard InChI is InChI=1S/C21H18N2O5S2/c24-16-9-8-14(12-15(16)20(27)28)22-18(25)7-4-10-23-19(26)17(30-21(23)29)11-13-5-2-1-3-6-13/h1-3,5-6,8-9,11-12,24H,4,7,10H2,(H,22,25)(H,27,28). The molecule has 3 N–H and O–H groups in total. The Hall–Kier alpha value is -3.17. The molecule has 2 aromatic carbocycles. The summed E-state index contributed by atoms with van der Waals surface area (Å²) >= 11 is 6.53. The minimum atomic E-state index is -1.29. The smallest absolute Gasteiger partial charge is 0.339 e. The van der Waals surface area contributed by atoms with Crippen LogP contribution in [-0.4, -0.2) is 43.8 Å². The van der Waals surface area contributed by atoms with E-state index in [1.54, 1.807) is 6.08 Å². The quantitative estimate of drug-likeness (QED) is 0.341. The van der Waals surface area contributed by atoms with Gasteiger partial charge in [-0.05, 0) is 36.3 Å². The first-order valence-corrected chi connectivity index (χ1v) is 10.2. The molecule has 2 aromatic rings. The van der Waals surface area contributed by atoms with Crippen molar-refractivity contribution in [2.24, 2.45) is 0 Å². The summed E-state index contributed by atoms with van der Waals surface area (Å²) in [4.78, 5) is 37.8. The summed E-state index contributed by atoms with van der Waals surface area (Å²) in [5.74, 6) is -2.18. The number of carbonyl (C=O) groups is 3. The second kappa shape index (κ2) is 9.55. The summed E-state index contributed by atoms with van der Waals surface area (Å²) < 4.78 is 0.451. The zero-order valence-electron chi connectivity index (χ0n) is 15.7. The van der Waals surface area contributed by atoms with Crippen molar-refractivity contribution in [3.8, 4) is 5.75 Å². The lowest BCUT2D eigenvalue weighted by Gasteiger charge is -2.14. The molecule has 0 spiro atoms. The molecule has 30 heavy (non-hydrogen) atoms. The summed E-state index contributed by atoms with van der Waals surface area (Å²) in [6.07, 6.45) is 2.30. The van der Waals surface area contributed by atoms with Crippen molar-refractivity contribution in [2.45, 2.75) is 12.8 Å². The first kappa shape index (κ1) is 21.5. The number of benzene rings is 2. The molecule has 0 saturated carbocycles. The molecular weight excluding hydrogens is 424 g/mol. The first-order valence-electron chi connectivity index (χ1n) is 9.02. The SMILES string of the molecule is O=C(CCCN1C(=O)C(=Cc2ccccc2)SC1=S)Nc1ccc(O)c(C(=O)O)c1. The van der Waals surface area contributed by atoms with Crippen molar-refractivity contribution in [2.75, 3.05) is 11.9 Å². The Balaban J connectivity index is 1.54. The fourth-order valence-electron chi connectivity index (χ4n) is 2.80. The third-order valence-corrected chi connectivity index (χ3v) is 5.64. The molecule has 0 unspecified atom stereocenters. The van der Waals surface area contributed by atoms with E-state index in [1.165, 1.54) is 34.9 Å². The Morgan fingerprint density at radius 2 is 1.90 bits per heavy atom. The number of aromatic carboxylic acids is 1. The Kier molecular flexibility index (Phi) is 6.86. The van der Waals surface area contributed by atoms with E-state index in [-0.39, 0.29) is 35.2 Å². The number of hydrogen-bond donors (Lipinski definition) is 3. The maximum atomic E-state index is 12.6. The van der Waals surface area contributed by atoms with Crippen LogP contribution in [-0.2, 0) is 9.59 Å². The van der Waals surface area contributed by atoms with Gasteiger partial charge in [-0.25, -0.2) is 4.79 Å². The molecule has 1 aliphatic heterocycles. The number of amides is 2. The molecular formula is C21H18N2O5S2. The van der Waals surface area contributed by atoms with Gasteiger partial charge < -0.3 is 15.5 Å². The Labute approximate surface area is 182 Å². The Bertz CT molecular complexity index is 1040. The van der Waals surface area contributed by atoms with Gasteiger partial charge in [-0.1, -0.05) is 54.3 Å². The lowest BCUT2D eigenvalue weighted by Crippen LogP contribution is -2.29. The molecule has 0 bridgehead atoms. The van der Waals surface area contributed by atoms with Crippen LogP contribution >= 0.6 is 24.0 Å². The van der Waals surface area contributed by atoms with E-state index in [1.807, 2.05) is 30.3 Å². The molecule has 154 valence electrons. The fourth-order valence-corrected chi connectivity index (χ4v) is 4.11. The Morgan fingerprint density at radius 3 is 2.60 bits per heavy atom. The van der Waals surface area contributed by atoms with Crippen LogP contribution in [0.2, 0.25) is 0 Å². The highest BCUT2D eigenvalue weighted by Crippen LogP contribution is 2.32. The van der Waals surface area contributed by atoms with Gasteiger partial charge in [0.05, 0.1) is 4.91 Å². The molecule has 0 aliphatic carbocycles. The summed E-state index contributed by atoms with van der Waals surface area (Å²) in [5, 5.41) is 21.1. The first-order chi connectivity index (χ1) is 14.3. The van der Waals surface area contributed by atoms with Crippen LogP contribution in [0.3, 0.4) is 0 Å². The van der Waals surface area contributed by atoms with Crippen LogP contribution < -0.4 is 5.32 Å². The molecule has 0 atom stereocenters. The van der Waals surface area contributed by atoms with E-state index in [0.717, 1.165) is 5.56 Å². The normalized spacial score (nSPS) is 14.9. The minimum absolute atomic E-state index is 0.123. The lowest BCUT2D eigenvalue weighted by molar-refractivity contribution is -0.122. The number of phenols is 1. The van der Waals surface area contributed by atoms with E-state index in [0.29, 0.717) is 22.2 Å². The van der Waals surface area contributed by atoms with Gasteiger partial charge in [0.1, 0.15) is 15.6 Å². The van der Waals surface area contributed by atoms with Crippen molar-refractivity contribution in [3.05, 3.63) is 64.6 Å². The third-order valence-electron chi connectivity index (χ3n) is 4.27. The van der Waals surface area contributed by atoms with Crippen molar-refractivity contribution >= 4 is 57.8 Å². The molecule has 1 aliphatic rings. The number of anilines is 1. The van der Waals surface area contributed by atoms with Gasteiger partial charge >= 0.3 is 5.97 Å². The van der Waals surface area contributed by atoms with Crippen molar-refractivity contribution < 1.29 is 24.6 Å². The molecule has 2 amide bonds. The lowest BCUT2D eigenvalue weighted by atomic mass is 10.1. The molecule has 1 saturated heterocycles. The van der Waals surface area contributed by atoms with Gasteiger partial charge in [-0.3, -0.25) is 14.5 Å². The monoisotopic (exact) mass is 442 g/mol. The zero-order valence-corrected chi connectivity index (χ0v) is 17.3. The summed E-state index contributed by atoms with van der Waals surface area (Å²) in [5.41, 5.74) is 0.884. The van der Waals surface area contributed by atoms with Crippen LogP contribution in [0.15, 0.2) is 53.4 Å². The molecule has 0 aromatic heterocycles. The summed E-state index contributed by atoms with van der Waals surface area (Å²) in [6, 6.07) is 13.3. The largest absolute Gasteiger partial charge is 0.507 e. The van der Waals surface area contributed by atoms with Gasteiger partial charge in [0.2, 0.25) is 5.91 Å². The fraction of sp³-hybridized carbons (Fsp3) is 0.143. The van der Waals surface area contributed by atoms with Crippen molar-refractivity contribution in [1.82, 2.24) is 4.90 Å². The summed E-state index contributed by atoms with van der Waals surface area (Å²) in [6.45, 7) is 0.306. The van der Waals surface area contributed by atoms with Gasteiger partial charge in [-0.2, -0.15) is 0 Å². The highest BCUT2D eigenvalue weighted by atomic mass is 32.2. The predicted octanol–water partition coefficient (Wildman–Crippen LogP) is 3.71. The topological polar surface area (TPSA) is 107 Å². The van der Waals surface area contributed by atoms with Gasteiger partial charge in [-0.15, -0.1) is 0 Å². The molecule has 1 heterocycles. The number of nitrogens with zero attached hydrogens (tertiary/aromatic N) is 1. The van der Waals surface area contributed by atoms with E-state index in [9.17, 15) is 19.5 Å². The van der Waals surface area contributed by atoms with E-state index >= 15 is 0 Å². The number of aromatic hydroxyl groups is 1. The number of hydrogen-bond acceptors (Lipinski definition) is 6. The van der Waals surface area contributed by atoms with Gasteiger partial charge in [0, 0.05) is 18.7 Å². The van der Waals surface area contributed by atoms with E-state index < -0.39 is 5.97 Å². The maximum Gasteiger partial charge on any atom is 0.339 e. The number of thiocarbonyl (C=S) groups is 1. The second-order valence-corrected chi connectivity index (χ2v) is 8.11. The Morgan fingerprint density at radius 1 is 1.17 bits per heavy atom. The number of rotatable bonds is 7. The highest BCUT2D eigenvalue weighted by molar-refractivity contribution is 8.26. The van der Waals surface area contributed by atoms with E-state index in [4.69, 9.17) is 17.3 Å². The molecule has 0 radical (unpaired) electrons. The predicted molar refractivity (Wildman–Crippen MR) is 119 cm³/mol. The van der Waals surface area contributed by atoms with Gasteiger partial charge in [0.15, 0.2) is 0 Å². The molecule has 7 nitrogen and oxygen atoms in total. The number of nitrogens with one attached hydrogen (secondary N) is 1. The van der Waals surface area contributed by atoms with Crippen molar-refractivity contribution in [3.63, 3.8) is 0 Å². The second-order valence-electron chi connectivity index (χ2n) is 6.43. The molecule has 3 rings (SSSR count). The van der Waals surface area contributed by atoms with Crippen LogP contribution in [0.5, 0.6) is 5.75 Å². The minimum Gasteiger partial charge on any atom is -0.507 e. The number of carboxylic acid groups (broad SMARTS) is 1. The van der Waals surface area contributed by atoms with Crippen molar-refractivity contribution in [1.29, 1.82) is 0 Å². The van der Waals surface area contributed by atoms with Gasteiger partial charge in [0.25, 0.3) is 5.91 Å². The van der Waals surface area contributed by atoms with Crippen LogP contribution in [0.4, 0.5) is 5.69 Å². The maximum absolute atomic E-state index is 12.6. The van der Waals surface area contributed by atoms with Crippen LogP contribution in [0.25, 0.3) is 6.08 Å². The number of thioether (sulfide) groups is 1. The average Bonchev–Trinajstić information content (AvgIpc) is 2.97. The summed E-state index contributed by atoms with van der Waals surface area (Å²) in [7, 11) is 0. The third kappa shape index (κ3) is 5.25. The van der Waals surface area contributed by atoms with Crippen LogP contribution in [0, 0.1) is 0 Å². The zero-order chi connectivity index (χ0) is 21.7. The highest BCUT2D eigenvalue weighted by Gasteiger charge is 2.31. The molecule has 1 fully saturated rings. The van der Waals surface area contributed by atoms with Crippen LogP contribution in [0.1, 0.15) is 28.8 Å². The number of carboxylic acids is 1. The average molecular weight is 443 g/mol. The van der Waals surface area contributed by atoms with E-state index in [2.05, 4.69) is 5.32 Å². The molecule has 9 heteroatoms. The number of carbonyl (C=O) groups excluding carboxylic acids is 2.